The lowest BCUT2D eigenvalue weighted by molar-refractivity contribution is 0.176. The molecule has 1 saturated carbocycles. The van der Waals surface area contributed by atoms with Crippen molar-refractivity contribution in [1.29, 1.82) is 0 Å². The van der Waals surface area contributed by atoms with Crippen molar-refractivity contribution in [3.8, 4) is 11.5 Å². The zero-order valence-corrected chi connectivity index (χ0v) is 12.3. The summed E-state index contributed by atoms with van der Waals surface area (Å²) in [5.41, 5.74) is 1.39. The largest absolute Gasteiger partial charge is 0.493 e. The van der Waals surface area contributed by atoms with Crippen molar-refractivity contribution < 1.29 is 14.7 Å². The van der Waals surface area contributed by atoms with Gasteiger partial charge in [-0.15, -0.1) is 0 Å². The summed E-state index contributed by atoms with van der Waals surface area (Å²) in [6.07, 6.45) is 7.60. The van der Waals surface area contributed by atoms with Gasteiger partial charge in [-0.25, -0.2) is 0 Å². The topological polar surface area (TPSA) is 51.0 Å². The third kappa shape index (κ3) is 3.65. The summed E-state index contributed by atoms with van der Waals surface area (Å²) in [5.74, 6) is 1.46. The number of oxime groups is 1. The quantitative estimate of drug-likeness (QED) is 0.392. The Morgan fingerprint density at radius 3 is 2.45 bits per heavy atom. The molecule has 0 amide bonds. The Hall–Kier alpha value is -1.71. The maximum absolute atomic E-state index is 8.83. The van der Waals surface area contributed by atoms with Crippen LogP contribution in [0.5, 0.6) is 11.5 Å². The maximum Gasteiger partial charge on any atom is 0.161 e. The molecular weight excluding hydrogens is 254 g/mol. The van der Waals surface area contributed by atoms with Crippen LogP contribution in [-0.2, 0) is 0 Å². The molecule has 0 heterocycles. The molecule has 0 unspecified atom stereocenters. The standard InChI is InChI=1S/C16H23NO3/c1-12(17-18)13-9-10-15(16(11-13)19-2)20-14-7-5-3-4-6-8-14/h9-11,14,18H,3-8H2,1-2H3/b17-12+. The van der Waals surface area contributed by atoms with Gasteiger partial charge in [0, 0.05) is 5.56 Å². The predicted octanol–water partition coefficient (Wildman–Crippen LogP) is 4.00. The van der Waals surface area contributed by atoms with E-state index in [9.17, 15) is 0 Å². The molecule has 0 aromatic heterocycles. The van der Waals surface area contributed by atoms with Crippen LogP contribution < -0.4 is 9.47 Å². The van der Waals surface area contributed by atoms with Crippen LogP contribution in [0, 0.1) is 0 Å². The molecule has 20 heavy (non-hydrogen) atoms. The van der Waals surface area contributed by atoms with Gasteiger partial charge in [0.15, 0.2) is 11.5 Å². The molecule has 4 nitrogen and oxygen atoms in total. The Labute approximate surface area is 120 Å². The molecule has 0 radical (unpaired) electrons. The zero-order chi connectivity index (χ0) is 14.4. The molecule has 0 spiro atoms. The Morgan fingerprint density at radius 2 is 1.85 bits per heavy atom. The molecule has 1 aliphatic rings. The molecule has 2 rings (SSSR count). The van der Waals surface area contributed by atoms with Gasteiger partial charge in [-0.1, -0.05) is 18.0 Å². The second kappa shape index (κ2) is 7.17. The summed E-state index contributed by atoms with van der Waals surface area (Å²) in [7, 11) is 1.63. The summed E-state index contributed by atoms with van der Waals surface area (Å²) in [4.78, 5) is 0. The number of nitrogens with zero attached hydrogens (tertiary/aromatic N) is 1. The molecule has 1 fully saturated rings. The van der Waals surface area contributed by atoms with Crippen molar-refractivity contribution in [2.45, 2.75) is 51.6 Å². The predicted molar refractivity (Wildman–Crippen MR) is 79.1 cm³/mol. The molecule has 110 valence electrons. The van der Waals surface area contributed by atoms with Crippen molar-refractivity contribution in [1.82, 2.24) is 0 Å². The number of hydrogen-bond donors (Lipinski definition) is 1. The summed E-state index contributed by atoms with van der Waals surface area (Å²) in [5, 5.41) is 12.0. The normalized spacial score (nSPS) is 17.6. The van der Waals surface area contributed by atoms with Gasteiger partial charge < -0.3 is 14.7 Å². The molecular formula is C16H23NO3. The van der Waals surface area contributed by atoms with E-state index in [1.165, 1.54) is 25.7 Å². The Morgan fingerprint density at radius 1 is 1.15 bits per heavy atom. The SMILES string of the molecule is COc1cc(/C(C)=N/O)ccc1OC1CCCCCC1. The fourth-order valence-electron chi connectivity index (χ4n) is 2.59. The van der Waals surface area contributed by atoms with E-state index >= 15 is 0 Å². The summed E-state index contributed by atoms with van der Waals surface area (Å²) >= 11 is 0. The van der Waals surface area contributed by atoms with Crippen LogP contribution in [0.3, 0.4) is 0 Å². The van der Waals surface area contributed by atoms with Crippen molar-refractivity contribution in [3.63, 3.8) is 0 Å². The molecule has 1 aromatic carbocycles. The maximum atomic E-state index is 8.83. The van der Waals surface area contributed by atoms with Gasteiger partial charge in [-0.3, -0.25) is 0 Å². The Balaban J connectivity index is 2.14. The minimum absolute atomic E-state index is 0.282. The van der Waals surface area contributed by atoms with Gasteiger partial charge in [-0.05, 0) is 50.8 Å². The van der Waals surface area contributed by atoms with Crippen LogP contribution in [0.15, 0.2) is 23.4 Å². The Kier molecular flexibility index (Phi) is 5.27. The van der Waals surface area contributed by atoms with E-state index < -0.39 is 0 Å². The van der Waals surface area contributed by atoms with Crippen LogP contribution in [0.4, 0.5) is 0 Å². The first-order chi connectivity index (χ1) is 9.74. The summed E-state index contributed by atoms with van der Waals surface area (Å²) < 4.78 is 11.5. The van der Waals surface area contributed by atoms with E-state index in [-0.39, 0.29) is 6.10 Å². The van der Waals surface area contributed by atoms with Gasteiger partial charge in [0.1, 0.15) is 0 Å². The highest BCUT2D eigenvalue weighted by Crippen LogP contribution is 2.31. The highest BCUT2D eigenvalue weighted by molar-refractivity contribution is 5.98. The van der Waals surface area contributed by atoms with Gasteiger partial charge in [-0.2, -0.15) is 0 Å². The number of hydrogen-bond acceptors (Lipinski definition) is 4. The molecule has 1 aliphatic carbocycles. The lowest BCUT2D eigenvalue weighted by Crippen LogP contribution is -2.15. The van der Waals surface area contributed by atoms with Crippen LogP contribution in [0.2, 0.25) is 0 Å². The van der Waals surface area contributed by atoms with Crippen molar-refractivity contribution >= 4 is 5.71 Å². The van der Waals surface area contributed by atoms with Gasteiger partial charge in [0.2, 0.25) is 0 Å². The van der Waals surface area contributed by atoms with Gasteiger partial charge >= 0.3 is 0 Å². The van der Waals surface area contributed by atoms with Crippen LogP contribution >= 0.6 is 0 Å². The smallest absolute Gasteiger partial charge is 0.161 e. The third-order valence-corrected chi connectivity index (χ3v) is 3.83. The minimum atomic E-state index is 0.282. The highest BCUT2D eigenvalue weighted by atomic mass is 16.5. The monoisotopic (exact) mass is 277 g/mol. The molecule has 4 heteroatoms. The van der Waals surface area contributed by atoms with Crippen molar-refractivity contribution in [2.24, 2.45) is 5.16 Å². The van der Waals surface area contributed by atoms with Crippen LogP contribution in [0.25, 0.3) is 0 Å². The van der Waals surface area contributed by atoms with Crippen molar-refractivity contribution in [2.75, 3.05) is 7.11 Å². The van der Waals surface area contributed by atoms with E-state index in [1.807, 2.05) is 18.2 Å². The molecule has 0 bridgehead atoms. The first-order valence-corrected chi connectivity index (χ1v) is 7.28. The summed E-state index contributed by atoms with van der Waals surface area (Å²) in [6, 6.07) is 5.64. The third-order valence-electron chi connectivity index (χ3n) is 3.83. The number of ether oxygens (including phenoxy) is 2. The van der Waals surface area contributed by atoms with Crippen LogP contribution in [0.1, 0.15) is 51.0 Å². The first kappa shape index (κ1) is 14.7. The molecule has 0 aliphatic heterocycles. The first-order valence-electron chi connectivity index (χ1n) is 7.28. The molecule has 0 saturated heterocycles. The van der Waals surface area contributed by atoms with Gasteiger partial charge in [0.05, 0.1) is 18.9 Å². The average molecular weight is 277 g/mol. The molecule has 1 N–H and O–H groups in total. The fourth-order valence-corrected chi connectivity index (χ4v) is 2.59. The molecule has 1 aromatic rings. The number of rotatable bonds is 4. The Bertz CT molecular complexity index is 463. The number of methoxy groups -OCH3 is 1. The van der Waals surface area contributed by atoms with E-state index in [1.54, 1.807) is 14.0 Å². The summed E-state index contributed by atoms with van der Waals surface area (Å²) in [6.45, 7) is 1.75. The number of benzene rings is 1. The van der Waals surface area contributed by atoms with Gasteiger partial charge in [0.25, 0.3) is 0 Å². The second-order valence-corrected chi connectivity index (χ2v) is 5.28. The van der Waals surface area contributed by atoms with Crippen LogP contribution in [-0.4, -0.2) is 24.1 Å². The van der Waals surface area contributed by atoms with E-state index in [0.29, 0.717) is 11.5 Å². The minimum Gasteiger partial charge on any atom is -0.493 e. The lowest BCUT2D eigenvalue weighted by atomic mass is 10.1. The van der Waals surface area contributed by atoms with Crippen molar-refractivity contribution in [3.05, 3.63) is 23.8 Å². The fraction of sp³-hybridized carbons (Fsp3) is 0.562. The van der Waals surface area contributed by atoms with E-state index in [0.717, 1.165) is 24.2 Å². The van der Waals surface area contributed by atoms with E-state index in [2.05, 4.69) is 5.16 Å². The highest BCUT2D eigenvalue weighted by Gasteiger charge is 2.16. The average Bonchev–Trinajstić information content (AvgIpc) is 2.75. The van der Waals surface area contributed by atoms with E-state index in [4.69, 9.17) is 14.7 Å². The lowest BCUT2D eigenvalue weighted by Gasteiger charge is -2.19. The zero-order valence-electron chi connectivity index (χ0n) is 12.3. The molecule has 0 atom stereocenters. The second-order valence-electron chi connectivity index (χ2n) is 5.28.